The Balaban J connectivity index is 2.29. The first-order valence-electron chi connectivity index (χ1n) is 5.56. The number of nitrogens with one attached hydrogen (secondary N) is 1. The molecule has 0 atom stereocenters. The fraction of sp³-hybridized carbons (Fsp3) is 0.545. The molecule has 5 nitrogen and oxygen atoms in total. The topological polar surface area (TPSA) is 66.5 Å². The molecule has 1 rings (SSSR count). The van der Waals surface area contributed by atoms with Gasteiger partial charge in [-0.3, -0.25) is 4.79 Å². The van der Waals surface area contributed by atoms with Gasteiger partial charge in [-0.2, -0.15) is 0 Å². The van der Waals surface area contributed by atoms with Crippen molar-refractivity contribution in [3.63, 3.8) is 0 Å². The molecule has 102 valence electrons. The molecule has 0 aromatic carbocycles. The van der Waals surface area contributed by atoms with Crippen LogP contribution in [-0.2, 0) is 10.0 Å². The smallest absolute Gasteiger partial charge is 0.261 e. The van der Waals surface area contributed by atoms with Gasteiger partial charge in [-0.1, -0.05) is 0 Å². The van der Waals surface area contributed by atoms with E-state index in [-0.39, 0.29) is 5.91 Å². The predicted octanol–water partition coefficient (Wildman–Crippen LogP) is 1.07. The minimum absolute atomic E-state index is 0.102. The summed E-state index contributed by atoms with van der Waals surface area (Å²) < 4.78 is 23.5. The SMILES string of the molecule is Cc1ccc(C(=O)NCCCN(C)S(C)(=O)=O)s1. The van der Waals surface area contributed by atoms with Gasteiger partial charge in [-0.05, 0) is 25.5 Å². The number of thiophene rings is 1. The van der Waals surface area contributed by atoms with E-state index >= 15 is 0 Å². The van der Waals surface area contributed by atoms with Crippen molar-refractivity contribution in [2.24, 2.45) is 0 Å². The van der Waals surface area contributed by atoms with Crippen molar-refractivity contribution < 1.29 is 13.2 Å². The van der Waals surface area contributed by atoms with Gasteiger partial charge in [-0.25, -0.2) is 12.7 Å². The summed E-state index contributed by atoms with van der Waals surface area (Å²) >= 11 is 1.45. The van der Waals surface area contributed by atoms with Crippen LogP contribution in [0.15, 0.2) is 12.1 Å². The molecule has 0 unspecified atom stereocenters. The summed E-state index contributed by atoms with van der Waals surface area (Å²) in [6, 6.07) is 3.69. The van der Waals surface area contributed by atoms with Gasteiger partial charge in [0.1, 0.15) is 0 Å². The van der Waals surface area contributed by atoms with Crippen LogP contribution in [0.3, 0.4) is 0 Å². The third kappa shape index (κ3) is 4.75. The van der Waals surface area contributed by atoms with Gasteiger partial charge in [0.05, 0.1) is 11.1 Å². The highest BCUT2D eigenvalue weighted by Crippen LogP contribution is 2.14. The van der Waals surface area contributed by atoms with Crippen LogP contribution in [0.2, 0.25) is 0 Å². The van der Waals surface area contributed by atoms with Gasteiger partial charge in [-0.15, -0.1) is 11.3 Å². The molecule has 1 aromatic rings. The maximum Gasteiger partial charge on any atom is 0.261 e. The van der Waals surface area contributed by atoms with Crippen molar-refractivity contribution in [3.05, 3.63) is 21.9 Å². The van der Waals surface area contributed by atoms with Crippen molar-refractivity contribution in [2.75, 3.05) is 26.4 Å². The van der Waals surface area contributed by atoms with E-state index in [2.05, 4.69) is 5.32 Å². The maximum atomic E-state index is 11.7. The monoisotopic (exact) mass is 290 g/mol. The van der Waals surface area contributed by atoms with Crippen molar-refractivity contribution in [1.29, 1.82) is 0 Å². The molecule has 1 amide bonds. The first-order valence-corrected chi connectivity index (χ1v) is 8.23. The highest BCUT2D eigenvalue weighted by molar-refractivity contribution is 7.88. The lowest BCUT2D eigenvalue weighted by Gasteiger charge is -2.13. The number of rotatable bonds is 6. The quantitative estimate of drug-likeness (QED) is 0.797. The predicted molar refractivity (Wildman–Crippen MR) is 73.5 cm³/mol. The molecule has 0 saturated carbocycles. The third-order valence-corrected chi connectivity index (χ3v) is 4.78. The average Bonchev–Trinajstić information content (AvgIpc) is 2.69. The summed E-state index contributed by atoms with van der Waals surface area (Å²) in [5, 5.41) is 2.77. The summed E-state index contributed by atoms with van der Waals surface area (Å²) in [5.41, 5.74) is 0. The first kappa shape index (κ1) is 15.1. The Morgan fingerprint density at radius 3 is 2.61 bits per heavy atom. The zero-order valence-electron chi connectivity index (χ0n) is 10.8. The van der Waals surface area contributed by atoms with E-state index in [1.165, 1.54) is 28.9 Å². The van der Waals surface area contributed by atoms with Crippen molar-refractivity contribution in [1.82, 2.24) is 9.62 Å². The molecule has 0 fully saturated rings. The molecule has 0 spiro atoms. The highest BCUT2D eigenvalue weighted by Gasteiger charge is 2.11. The Bertz CT molecular complexity index is 508. The summed E-state index contributed by atoms with van der Waals surface area (Å²) in [6.07, 6.45) is 1.76. The molecule has 7 heteroatoms. The highest BCUT2D eigenvalue weighted by atomic mass is 32.2. The van der Waals surface area contributed by atoms with Crippen LogP contribution in [0.1, 0.15) is 21.0 Å². The van der Waals surface area contributed by atoms with E-state index in [1.54, 1.807) is 6.07 Å². The minimum atomic E-state index is -3.13. The van der Waals surface area contributed by atoms with Crippen LogP contribution in [0.25, 0.3) is 0 Å². The Morgan fingerprint density at radius 2 is 2.11 bits per heavy atom. The second kappa shape index (κ2) is 6.31. The van der Waals surface area contributed by atoms with Gasteiger partial charge in [0.2, 0.25) is 10.0 Å². The van der Waals surface area contributed by atoms with Gasteiger partial charge < -0.3 is 5.32 Å². The molecule has 0 aliphatic rings. The van der Waals surface area contributed by atoms with Crippen molar-refractivity contribution in [2.45, 2.75) is 13.3 Å². The molecule has 0 radical (unpaired) electrons. The molecule has 0 aliphatic heterocycles. The van der Waals surface area contributed by atoms with E-state index in [4.69, 9.17) is 0 Å². The van der Waals surface area contributed by atoms with Crippen LogP contribution in [0, 0.1) is 6.92 Å². The standard InChI is InChI=1S/C11H18N2O3S2/c1-9-5-6-10(17-9)11(14)12-7-4-8-13(2)18(3,15)16/h5-6H,4,7-8H2,1-3H3,(H,12,14). The zero-order valence-corrected chi connectivity index (χ0v) is 12.4. The molecule has 18 heavy (non-hydrogen) atoms. The minimum Gasteiger partial charge on any atom is -0.351 e. The summed E-state index contributed by atoms with van der Waals surface area (Å²) in [4.78, 5) is 13.4. The fourth-order valence-electron chi connectivity index (χ4n) is 1.31. The van der Waals surface area contributed by atoms with Crippen LogP contribution in [0.5, 0.6) is 0 Å². The molecule has 0 saturated heterocycles. The van der Waals surface area contributed by atoms with Gasteiger partial charge in [0.25, 0.3) is 5.91 Å². The number of carbonyl (C=O) groups is 1. The summed E-state index contributed by atoms with van der Waals surface area (Å²) in [5.74, 6) is -0.102. The molecular formula is C11H18N2O3S2. The Kier molecular flexibility index (Phi) is 5.30. The van der Waals surface area contributed by atoms with E-state index in [1.807, 2.05) is 13.0 Å². The molecule has 1 heterocycles. The molecular weight excluding hydrogens is 272 g/mol. The Morgan fingerprint density at radius 1 is 1.44 bits per heavy atom. The van der Waals surface area contributed by atoms with Crippen LogP contribution in [0.4, 0.5) is 0 Å². The van der Waals surface area contributed by atoms with Gasteiger partial charge in [0, 0.05) is 25.0 Å². The van der Waals surface area contributed by atoms with E-state index in [0.717, 1.165) is 4.88 Å². The Hall–Kier alpha value is -0.920. The second-order valence-electron chi connectivity index (χ2n) is 4.10. The van der Waals surface area contributed by atoms with Crippen molar-refractivity contribution in [3.8, 4) is 0 Å². The number of hydrogen-bond donors (Lipinski definition) is 1. The molecule has 0 bridgehead atoms. The van der Waals surface area contributed by atoms with Gasteiger partial charge in [0.15, 0.2) is 0 Å². The van der Waals surface area contributed by atoms with Crippen molar-refractivity contribution >= 4 is 27.3 Å². The number of amides is 1. The maximum absolute atomic E-state index is 11.7. The van der Waals surface area contributed by atoms with E-state index in [9.17, 15) is 13.2 Å². The lowest BCUT2D eigenvalue weighted by molar-refractivity contribution is 0.0957. The molecule has 0 aliphatic carbocycles. The Labute approximate surface area is 112 Å². The normalized spacial score (nSPS) is 11.8. The zero-order chi connectivity index (χ0) is 13.8. The number of carbonyl (C=O) groups excluding carboxylic acids is 1. The number of hydrogen-bond acceptors (Lipinski definition) is 4. The van der Waals surface area contributed by atoms with E-state index < -0.39 is 10.0 Å². The fourth-order valence-corrected chi connectivity index (χ4v) is 2.56. The largest absolute Gasteiger partial charge is 0.351 e. The summed E-state index contributed by atoms with van der Waals surface area (Å²) in [6.45, 7) is 2.82. The number of nitrogens with zero attached hydrogens (tertiary/aromatic N) is 1. The number of aryl methyl sites for hydroxylation is 1. The van der Waals surface area contributed by atoms with Crippen LogP contribution >= 0.6 is 11.3 Å². The third-order valence-electron chi connectivity index (χ3n) is 2.47. The van der Waals surface area contributed by atoms with Gasteiger partial charge >= 0.3 is 0 Å². The lowest BCUT2D eigenvalue weighted by atomic mass is 10.4. The first-order chi connectivity index (χ1) is 8.30. The van der Waals surface area contributed by atoms with Crippen LogP contribution in [-0.4, -0.2) is 45.0 Å². The average molecular weight is 290 g/mol. The second-order valence-corrected chi connectivity index (χ2v) is 7.48. The molecule has 1 N–H and O–H groups in total. The van der Waals surface area contributed by atoms with Crippen LogP contribution < -0.4 is 5.32 Å². The van der Waals surface area contributed by atoms with E-state index in [0.29, 0.717) is 24.4 Å². The lowest BCUT2D eigenvalue weighted by Crippen LogP contribution is -2.30. The summed E-state index contributed by atoms with van der Waals surface area (Å²) in [7, 11) is -1.60. The number of sulfonamides is 1. The molecule has 1 aromatic heterocycles.